The van der Waals surface area contributed by atoms with Gasteiger partial charge in [-0.15, -0.1) is 0 Å². The van der Waals surface area contributed by atoms with E-state index in [1.807, 2.05) is 0 Å². The van der Waals surface area contributed by atoms with Crippen molar-refractivity contribution in [2.75, 3.05) is 5.73 Å². The van der Waals surface area contributed by atoms with Crippen LogP contribution < -0.4 is 16.8 Å². The Bertz CT molecular complexity index is 576. The summed E-state index contributed by atoms with van der Waals surface area (Å²) in [5, 5.41) is 13.2. The summed E-state index contributed by atoms with van der Waals surface area (Å²) in [7, 11) is 0. The Hall–Kier alpha value is -2.35. The number of rotatable bonds is 5. The van der Waals surface area contributed by atoms with E-state index in [0.717, 1.165) is 6.07 Å². The minimum Gasteiger partial charge on any atom is -0.392 e. The summed E-state index contributed by atoms with van der Waals surface area (Å²) in [6.45, 7) is 1.58. The number of primary amides is 1. The number of hydrogen-bond donors (Lipinski definition) is 3. The maximum Gasteiger partial charge on any atom is 0.294 e. The molecule has 1 aromatic carbocycles. The number of hydrogen-bond acceptors (Lipinski definition) is 5. The normalized spacial score (nSPS) is 11.7. The lowest BCUT2D eigenvalue weighted by molar-refractivity contribution is -0.383. The van der Waals surface area contributed by atoms with E-state index in [-0.39, 0.29) is 22.7 Å². The number of nitro groups is 1. The Balaban J connectivity index is 2.99. The fraction of sp³-hybridized carbons (Fsp3) is 0.273. The Labute approximate surface area is 119 Å². The van der Waals surface area contributed by atoms with Crippen LogP contribution in [0.5, 0.6) is 0 Å². The minimum atomic E-state index is -0.731. The van der Waals surface area contributed by atoms with Crippen LogP contribution in [0.3, 0.4) is 0 Å². The van der Waals surface area contributed by atoms with Crippen molar-refractivity contribution >= 4 is 34.8 Å². The van der Waals surface area contributed by atoms with Crippen molar-refractivity contribution in [2.45, 2.75) is 19.4 Å². The van der Waals surface area contributed by atoms with Crippen molar-refractivity contribution in [3.63, 3.8) is 0 Å². The molecule has 2 amide bonds. The van der Waals surface area contributed by atoms with E-state index in [0.29, 0.717) is 0 Å². The van der Waals surface area contributed by atoms with Crippen LogP contribution in [0.1, 0.15) is 23.7 Å². The van der Waals surface area contributed by atoms with Crippen LogP contribution in [0, 0.1) is 10.1 Å². The summed E-state index contributed by atoms with van der Waals surface area (Å²) in [6.07, 6.45) is -0.0451. The molecule has 0 fully saturated rings. The van der Waals surface area contributed by atoms with Gasteiger partial charge in [-0.2, -0.15) is 0 Å². The lowest BCUT2D eigenvalue weighted by atomic mass is 10.1. The summed E-state index contributed by atoms with van der Waals surface area (Å²) in [5.41, 5.74) is 9.77. The van der Waals surface area contributed by atoms with Crippen LogP contribution in [0.15, 0.2) is 12.1 Å². The molecule has 0 aliphatic heterocycles. The number of nitrogens with one attached hydrogen (secondary N) is 1. The average molecular weight is 301 g/mol. The Morgan fingerprint density at radius 3 is 2.60 bits per heavy atom. The molecule has 1 atom stereocenters. The molecule has 0 radical (unpaired) electrons. The molecule has 8 nitrogen and oxygen atoms in total. The Morgan fingerprint density at radius 2 is 2.10 bits per heavy atom. The molecule has 1 rings (SSSR count). The molecule has 0 saturated carbocycles. The van der Waals surface area contributed by atoms with Crippen LogP contribution in [-0.2, 0) is 4.79 Å². The van der Waals surface area contributed by atoms with E-state index >= 15 is 0 Å². The summed E-state index contributed by atoms with van der Waals surface area (Å²) < 4.78 is 0. The first-order chi connectivity index (χ1) is 9.22. The van der Waals surface area contributed by atoms with Crippen molar-refractivity contribution in [1.82, 2.24) is 5.32 Å². The number of nitrogen functional groups attached to an aromatic ring is 1. The van der Waals surface area contributed by atoms with Crippen molar-refractivity contribution in [2.24, 2.45) is 5.73 Å². The highest BCUT2D eigenvalue weighted by Crippen LogP contribution is 2.30. The first-order valence-electron chi connectivity index (χ1n) is 5.55. The summed E-state index contributed by atoms with van der Waals surface area (Å²) in [5.74, 6) is -1.18. The molecule has 0 saturated heterocycles. The van der Waals surface area contributed by atoms with Crippen LogP contribution in [0.2, 0.25) is 5.02 Å². The van der Waals surface area contributed by atoms with Crippen molar-refractivity contribution < 1.29 is 14.5 Å². The molecule has 0 aromatic heterocycles. The van der Waals surface area contributed by atoms with E-state index in [2.05, 4.69) is 5.32 Å². The molecule has 0 heterocycles. The van der Waals surface area contributed by atoms with Crippen molar-refractivity contribution in [1.29, 1.82) is 0 Å². The lowest BCUT2D eigenvalue weighted by Gasteiger charge is -2.12. The molecule has 1 unspecified atom stereocenters. The number of carbonyl (C=O) groups excluding carboxylic acids is 2. The fourth-order valence-corrected chi connectivity index (χ4v) is 1.76. The third-order valence-electron chi connectivity index (χ3n) is 2.45. The number of nitrogens with zero attached hydrogens (tertiary/aromatic N) is 1. The molecule has 9 heteroatoms. The number of nitrogens with two attached hydrogens (primary N) is 2. The van der Waals surface area contributed by atoms with Gasteiger partial charge in [0, 0.05) is 24.1 Å². The smallest absolute Gasteiger partial charge is 0.294 e. The lowest BCUT2D eigenvalue weighted by Crippen LogP contribution is -2.35. The second-order valence-electron chi connectivity index (χ2n) is 4.19. The third-order valence-corrected chi connectivity index (χ3v) is 2.76. The van der Waals surface area contributed by atoms with E-state index in [4.69, 9.17) is 23.1 Å². The highest BCUT2D eigenvalue weighted by Gasteiger charge is 2.20. The maximum absolute atomic E-state index is 11.9. The molecule has 20 heavy (non-hydrogen) atoms. The number of carbonyl (C=O) groups is 2. The highest BCUT2D eigenvalue weighted by molar-refractivity contribution is 6.34. The molecule has 108 valence electrons. The second-order valence-corrected chi connectivity index (χ2v) is 4.60. The zero-order valence-corrected chi connectivity index (χ0v) is 11.3. The summed E-state index contributed by atoms with van der Waals surface area (Å²) >= 11 is 5.74. The largest absolute Gasteiger partial charge is 0.392 e. The fourth-order valence-electron chi connectivity index (χ4n) is 1.55. The third kappa shape index (κ3) is 3.82. The molecule has 0 aliphatic rings. The van der Waals surface area contributed by atoms with Gasteiger partial charge in [-0.05, 0) is 13.0 Å². The van der Waals surface area contributed by atoms with E-state index in [1.54, 1.807) is 6.92 Å². The number of benzene rings is 1. The Morgan fingerprint density at radius 1 is 1.50 bits per heavy atom. The predicted octanol–water partition coefficient (Wildman–Crippen LogP) is 0.824. The van der Waals surface area contributed by atoms with Gasteiger partial charge in [0.05, 0.1) is 9.95 Å². The van der Waals surface area contributed by atoms with E-state index in [9.17, 15) is 19.7 Å². The van der Waals surface area contributed by atoms with Gasteiger partial charge in [0.2, 0.25) is 5.91 Å². The first kappa shape index (κ1) is 15.7. The standard InChI is InChI=1S/C11H13ClN4O4/c1-5(2-9(13)17)15-11(18)6-3-7(12)10(14)8(4-6)16(19)20/h3-5H,2,14H2,1H3,(H2,13,17)(H,15,18). The van der Waals surface area contributed by atoms with Gasteiger partial charge in [0.15, 0.2) is 0 Å². The number of nitro benzene ring substituents is 1. The van der Waals surface area contributed by atoms with Gasteiger partial charge < -0.3 is 16.8 Å². The van der Waals surface area contributed by atoms with Crippen molar-refractivity contribution in [3.05, 3.63) is 32.8 Å². The molecule has 1 aromatic rings. The van der Waals surface area contributed by atoms with Crippen molar-refractivity contribution in [3.8, 4) is 0 Å². The zero-order chi connectivity index (χ0) is 15.4. The van der Waals surface area contributed by atoms with Gasteiger partial charge in [-0.1, -0.05) is 11.6 Å². The van der Waals surface area contributed by atoms with Gasteiger partial charge in [-0.25, -0.2) is 0 Å². The topological polar surface area (TPSA) is 141 Å². The predicted molar refractivity (Wildman–Crippen MR) is 73.3 cm³/mol. The SMILES string of the molecule is CC(CC(N)=O)NC(=O)c1cc(Cl)c(N)c([N+](=O)[O-])c1. The van der Waals surface area contributed by atoms with Gasteiger partial charge >= 0.3 is 0 Å². The molecule has 0 bridgehead atoms. The van der Waals surface area contributed by atoms with E-state index in [1.165, 1.54) is 6.07 Å². The van der Waals surface area contributed by atoms with Crippen LogP contribution in [0.4, 0.5) is 11.4 Å². The van der Waals surface area contributed by atoms with Crippen LogP contribution >= 0.6 is 11.6 Å². The van der Waals surface area contributed by atoms with E-state index < -0.39 is 28.5 Å². The van der Waals surface area contributed by atoms with Gasteiger partial charge in [0.1, 0.15) is 5.69 Å². The quantitative estimate of drug-likeness (QED) is 0.419. The molecular formula is C11H13ClN4O4. The molecular weight excluding hydrogens is 288 g/mol. The highest BCUT2D eigenvalue weighted by atomic mass is 35.5. The maximum atomic E-state index is 11.9. The number of halogens is 1. The monoisotopic (exact) mass is 300 g/mol. The molecule has 5 N–H and O–H groups in total. The molecule has 0 spiro atoms. The second kappa shape index (κ2) is 6.20. The van der Waals surface area contributed by atoms with Crippen LogP contribution in [-0.4, -0.2) is 22.8 Å². The van der Waals surface area contributed by atoms with Gasteiger partial charge in [-0.3, -0.25) is 19.7 Å². The minimum absolute atomic E-state index is 0.0211. The summed E-state index contributed by atoms with van der Waals surface area (Å²) in [4.78, 5) is 32.7. The average Bonchev–Trinajstić information content (AvgIpc) is 2.30. The number of amides is 2. The van der Waals surface area contributed by atoms with Gasteiger partial charge in [0.25, 0.3) is 11.6 Å². The zero-order valence-electron chi connectivity index (χ0n) is 10.6. The molecule has 0 aliphatic carbocycles. The summed E-state index contributed by atoms with van der Waals surface area (Å²) in [6, 6.07) is 1.74. The number of anilines is 1. The Kier molecular flexibility index (Phi) is 4.87. The first-order valence-corrected chi connectivity index (χ1v) is 5.92. The van der Waals surface area contributed by atoms with Crippen LogP contribution in [0.25, 0.3) is 0 Å².